The van der Waals surface area contributed by atoms with E-state index in [1.165, 1.54) is 11.9 Å². The van der Waals surface area contributed by atoms with Crippen LogP contribution in [0.3, 0.4) is 0 Å². The van der Waals surface area contributed by atoms with Crippen molar-refractivity contribution in [2.24, 2.45) is 5.92 Å². The first-order valence-corrected chi connectivity index (χ1v) is 5.90. The average molecular weight is 252 g/mol. The normalized spacial score (nSPS) is 20.6. The molecule has 0 bridgehead atoms. The summed E-state index contributed by atoms with van der Waals surface area (Å²) in [5.41, 5.74) is 0. The SMILES string of the molecule is CN(CCC(F)(F)F)C(=O)CCC1CCNC1. The quantitative estimate of drug-likeness (QED) is 0.809. The standard InChI is InChI=1S/C11H19F3N2O/c1-16(7-5-11(12,13)14)10(17)3-2-9-4-6-15-8-9/h9,15H,2-8H2,1H3. The third-order valence-electron chi connectivity index (χ3n) is 3.09. The number of hydrogen-bond donors (Lipinski definition) is 1. The molecule has 1 fully saturated rings. The van der Waals surface area contributed by atoms with Crippen LogP contribution in [0, 0.1) is 5.92 Å². The van der Waals surface area contributed by atoms with Gasteiger partial charge in [-0.25, -0.2) is 0 Å². The topological polar surface area (TPSA) is 32.3 Å². The van der Waals surface area contributed by atoms with E-state index >= 15 is 0 Å². The molecule has 1 N–H and O–H groups in total. The van der Waals surface area contributed by atoms with Crippen molar-refractivity contribution >= 4 is 5.91 Å². The van der Waals surface area contributed by atoms with Crippen LogP contribution in [-0.2, 0) is 4.79 Å². The summed E-state index contributed by atoms with van der Waals surface area (Å²) in [6.07, 6.45) is -2.95. The summed E-state index contributed by atoms with van der Waals surface area (Å²) in [4.78, 5) is 12.7. The molecule has 1 atom stereocenters. The van der Waals surface area contributed by atoms with Crippen molar-refractivity contribution in [3.05, 3.63) is 0 Å². The monoisotopic (exact) mass is 252 g/mol. The lowest BCUT2D eigenvalue weighted by Gasteiger charge is -2.19. The van der Waals surface area contributed by atoms with E-state index in [0.29, 0.717) is 12.3 Å². The molecule has 1 saturated heterocycles. The maximum absolute atomic E-state index is 12.0. The largest absolute Gasteiger partial charge is 0.390 e. The van der Waals surface area contributed by atoms with Gasteiger partial charge in [0.15, 0.2) is 0 Å². The van der Waals surface area contributed by atoms with E-state index in [1.807, 2.05) is 0 Å². The van der Waals surface area contributed by atoms with Crippen molar-refractivity contribution < 1.29 is 18.0 Å². The van der Waals surface area contributed by atoms with E-state index < -0.39 is 12.6 Å². The molecular weight excluding hydrogens is 233 g/mol. The van der Waals surface area contributed by atoms with Crippen molar-refractivity contribution in [2.45, 2.75) is 31.9 Å². The summed E-state index contributed by atoms with van der Waals surface area (Å²) in [5.74, 6) is 0.302. The molecule has 1 amide bonds. The van der Waals surface area contributed by atoms with E-state index in [2.05, 4.69) is 5.32 Å². The predicted octanol–water partition coefficient (Wildman–Crippen LogP) is 1.79. The Kier molecular flexibility index (Phi) is 5.24. The number of nitrogens with zero attached hydrogens (tertiary/aromatic N) is 1. The molecule has 1 rings (SSSR count). The van der Waals surface area contributed by atoms with Crippen LogP contribution in [0.1, 0.15) is 25.7 Å². The fourth-order valence-electron chi connectivity index (χ4n) is 1.90. The van der Waals surface area contributed by atoms with Crippen molar-refractivity contribution in [3.8, 4) is 0 Å². The van der Waals surface area contributed by atoms with Gasteiger partial charge in [-0.1, -0.05) is 0 Å². The molecule has 0 aromatic carbocycles. The van der Waals surface area contributed by atoms with Gasteiger partial charge in [0.25, 0.3) is 0 Å². The maximum atomic E-state index is 12.0. The van der Waals surface area contributed by atoms with Crippen LogP contribution in [0.5, 0.6) is 0 Å². The predicted molar refractivity (Wildman–Crippen MR) is 58.5 cm³/mol. The lowest BCUT2D eigenvalue weighted by molar-refractivity contribution is -0.144. The van der Waals surface area contributed by atoms with Crippen LogP contribution < -0.4 is 5.32 Å². The lowest BCUT2D eigenvalue weighted by Crippen LogP contribution is -2.30. The van der Waals surface area contributed by atoms with Gasteiger partial charge >= 0.3 is 6.18 Å². The molecule has 3 nitrogen and oxygen atoms in total. The van der Waals surface area contributed by atoms with Crippen molar-refractivity contribution in [1.29, 1.82) is 0 Å². The third-order valence-corrected chi connectivity index (χ3v) is 3.09. The number of halogens is 3. The van der Waals surface area contributed by atoms with Crippen molar-refractivity contribution in [2.75, 3.05) is 26.7 Å². The molecule has 0 spiro atoms. The number of alkyl halides is 3. The highest BCUT2D eigenvalue weighted by atomic mass is 19.4. The lowest BCUT2D eigenvalue weighted by atomic mass is 10.0. The Bertz CT molecular complexity index is 250. The minimum Gasteiger partial charge on any atom is -0.345 e. The minimum atomic E-state index is -4.19. The number of carbonyl (C=O) groups excluding carboxylic acids is 1. The highest BCUT2D eigenvalue weighted by molar-refractivity contribution is 5.75. The molecule has 100 valence electrons. The number of carbonyl (C=O) groups is 1. The molecule has 0 aromatic rings. The minimum absolute atomic E-state index is 0.193. The number of rotatable bonds is 5. The fraction of sp³-hybridized carbons (Fsp3) is 0.909. The summed E-state index contributed by atoms with van der Waals surface area (Å²) in [6.45, 7) is 1.65. The molecule has 0 aliphatic carbocycles. The van der Waals surface area contributed by atoms with Gasteiger partial charge in [0.2, 0.25) is 5.91 Å². The van der Waals surface area contributed by atoms with Crippen LogP contribution in [-0.4, -0.2) is 43.7 Å². The van der Waals surface area contributed by atoms with Gasteiger partial charge in [0.05, 0.1) is 6.42 Å². The summed E-state index contributed by atoms with van der Waals surface area (Å²) < 4.78 is 35.9. The number of nitrogens with one attached hydrogen (secondary N) is 1. The zero-order valence-electron chi connectivity index (χ0n) is 10.0. The molecule has 1 aliphatic heterocycles. The number of amides is 1. The highest BCUT2D eigenvalue weighted by Crippen LogP contribution is 2.20. The van der Waals surface area contributed by atoms with Crippen LogP contribution in [0.2, 0.25) is 0 Å². The van der Waals surface area contributed by atoms with Crippen LogP contribution in [0.15, 0.2) is 0 Å². The second kappa shape index (κ2) is 6.23. The first-order valence-electron chi connectivity index (χ1n) is 5.90. The van der Waals surface area contributed by atoms with Crippen LogP contribution in [0.4, 0.5) is 13.2 Å². The third kappa shape index (κ3) is 5.91. The average Bonchev–Trinajstić information content (AvgIpc) is 2.74. The summed E-state index contributed by atoms with van der Waals surface area (Å²) >= 11 is 0. The zero-order chi connectivity index (χ0) is 12.9. The smallest absolute Gasteiger partial charge is 0.345 e. The maximum Gasteiger partial charge on any atom is 0.390 e. The van der Waals surface area contributed by atoms with E-state index in [9.17, 15) is 18.0 Å². The molecule has 6 heteroatoms. The van der Waals surface area contributed by atoms with Crippen molar-refractivity contribution in [1.82, 2.24) is 10.2 Å². The van der Waals surface area contributed by atoms with E-state index in [1.54, 1.807) is 0 Å². The first-order chi connectivity index (χ1) is 7.88. The molecule has 1 heterocycles. The number of hydrogen-bond acceptors (Lipinski definition) is 2. The fourth-order valence-corrected chi connectivity index (χ4v) is 1.90. The molecule has 1 aliphatic rings. The Morgan fingerprint density at radius 3 is 2.71 bits per heavy atom. The van der Waals surface area contributed by atoms with E-state index in [0.717, 1.165) is 25.9 Å². The molecule has 0 saturated carbocycles. The molecule has 0 aromatic heterocycles. The Morgan fingerprint density at radius 1 is 1.47 bits per heavy atom. The first kappa shape index (κ1) is 14.3. The molecular formula is C11H19F3N2O. The van der Waals surface area contributed by atoms with E-state index in [-0.39, 0.29) is 12.5 Å². The summed E-state index contributed by atoms with van der Waals surface area (Å²) in [5, 5.41) is 3.20. The Balaban J connectivity index is 2.17. The molecule has 0 radical (unpaired) electrons. The van der Waals surface area contributed by atoms with Gasteiger partial charge in [-0.15, -0.1) is 0 Å². The zero-order valence-corrected chi connectivity index (χ0v) is 10.0. The Morgan fingerprint density at radius 2 is 2.18 bits per heavy atom. The molecule has 1 unspecified atom stereocenters. The van der Waals surface area contributed by atoms with Gasteiger partial charge in [-0.3, -0.25) is 4.79 Å². The summed E-state index contributed by atoms with van der Waals surface area (Å²) in [6, 6.07) is 0. The Labute approximate surface area is 99.4 Å². The highest BCUT2D eigenvalue weighted by Gasteiger charge is 2.28. The van der Waals surface area contributed by atoms with Crippen molar-refractivity contribution in [3.63, 3.8) is 0 Å². The van der Waals surface area contributed by atoms with Crippen LogP contribution >= 0.6 is 0 Å². The van der Waals surface area contributed by atoms with Gasteiger partial charge in [0, 0.05) is 20.0 Å². The van der Waals surface area contributed by atoms with Gasteiger partial charge in [0.1, 0.15) is 0 Å². The van der Waals surface area contributed by atoms with Crippen LogP contribution in [0.25, 0.3) is 0 Å². The van der Waals surface area contributed by atoms with Gasteiger partial charge in [-0.2, -0.15) is 13.2 Å². The van der Waals surface area contributed by atoms with Gasteiger partial charge < -0.3 is 10.2 Å². The summed E-state index contributed by atoms with van der Waals surface area (Å²) in [7, 11) is 1.43. The second-order valence-electron chi connectivity index (χ2n) is 4.58. The van der Waals surface area contributed by atoms with Gasteiger partial charge in [-0.05, 0) is 31.8 Å². The second-order valence-corrected chi connectivity index (χ2v) is 4.58. The Hall–Kier alpha value is -0.780. The van der Waals surface area contributed by atoms with E-state index in [4.69, 9.17) is 0 Å². The molecule has 17 heavy (non-hydrogen) atoms.